The number of aryl methyl sites for hydroxylation is 2. The van der Waals surface area contributed by atoms with E-state index in [1.807, 2.05) is 12.1 Å². The van der Waals surface area contributed by atoms with Crippen LogP contribution in [-0.2, 0) is 39.3 Å². The number of pyridine rings is 1. The predicted octanol–water partition coefficient (Wildman–Crippen LogP) is 3.95. The van der Waals surface area contributed by atoms with Crippen LogP contribution in [0.15, 0.2) is 30.3 Å². The summed E-state index contributed by atoms with van der Waals surface area (Å²) in [4.78, 5) is 17.2. The molecule has 186 valence electrons. The lowest BCUT2D eigenvalue weighted by atomic mass is 9.83. The van der Waals surface area contributed by atoms with E-state index in [0.717, 1.165) is 75.3 Å². The van der Waals surface area contributed by atoms with Crippen LogP contribution in [0.3, 0.4) is 0 Å². The highest BCUT2D eigenvalue weighted by Gasteiger charge is 2.70. The van der Waals surface area contributed by atoms with Crippen LogP contribution in [-0.4, -0.2) is 59.5 Å². The molecule has 1 aromatic heterocycles. The lowest BCUT2D eigenvalue weighted by Crippen LogP contribution is -2.75. The maximum atomic E-state index is 12.4. The van der Waals surface area contributed by atoms with Crippen LogP contribution < -0.4 is 5.32 Å². The minimum Gasteiger partial charge on any atom is -0.477 e. The van der Waals surface area contributed by atoms with E-state index in [-0.39, 0.29) is 11.6 Å². The van der Waals surface area contributed by atoms with Gasteiger partial charge in [0.05, 0.1) is 6.61 Å². The third-order valence-corrected chi connectivity index (χ3v) is 8.81. The lowest BCUT2D eigenvalue weighted by molar-refractivity contribution is -1.03. The van der Waals surface area contributed by atoms with Gasteiger partial charge in [-0.05, 0) is 56.2 Å². The predicted molar refractivity (Wildman–Crippen MR) is 132 cm³/mol. The first-order chi connectivity index (χ1) is 17.0. The summed E-state index contributed by atoms with van der Waals surface area (Å²) in [6.45, 7) is 6.55. The highest BCUT2D eigenvalue weighted by molar-refractivity contribution is 5.77. The van der Waals surface area contributed by atoms with Gasteiger partial charge < -0.3 is 19.9 Å². The van der Waals surface area contributed by atoms with Crippen molar-refractivity contribution in [1.29, 1.82) is 0 Å². The molecule has 2 N–H and O–H groups in total. The van der Waals surface area contributed by atoms with E-state index in [4.69, 9.17) is 14.5 Å². The van der Waals surface area contributed by atoms with E-state index in [9.17, 15) is 9.90 Å². The summed E-state index contributed by atoms with van der Waals surface area (Å²) in [5.74, 6) is 0.338. The van der Waals surface area contributed by atoms with Gasteiger partial charge in [0, 0.05) is 30.0 Å². The third kappa shape index (κ3) is 3.67. The second kappa shape index (κ2) is 8.87. The average molecular weight is 479 g/mol. The zero-order valence-corrected chi connectivity index (χ0v) is 20.6. The molecule has 0 radical (unpaired) electrons. The minimum atomic E-state index is -0.738. The molecule has 4 aliphatic heterocycles. The smallest absolute Gasteiger partial charge is 0.367 e. The maximum Gasteiger partial charge on any atom is 0.367 e. The molecule has 7 heteroatoms. The van der Waals surface area contributed by atoms with Crippen molar-refractivity contribution >= 4 is 11.8 Å². The Bertz CT molecular complexity index is 1130. The molecule has 6 rings (SSSR count). The monoisotopic (exact) mass is 478 g/mol. The Morgan fingerprint density at radius 1 is 1.23 bits per heavy atom. The van der Waals surface area contributed by atoms with Gasteiger partial charge >= 0.3 is 5.97 Å². The first kappa shape index (κ1) is 23.0. The molecule has 0 aliphatic carbocycles. The zero-order valence-electron chi connectivity index (χ0n) is 20.6. The number of quaternary nitrogens is 1. The van der Waals surface area contributed by atoms with Crippen molar-refractivity contribution in [1.82, 2.24) is 4.98 Å². The van der Waals surface area contributed by atoms with Gasteiger partial charge in [-0.1, -0.05) is 30.7 Å². The number of carboxylic acid groups (broad SMARTS) is 1. The fourth-order valence-electron chi connectivity index (χ4n) is 7.04. The number of ether oxygens (including phenoxy) is 2. The number of unbranched alkanes of at least 4 members (excludes halogenated alkanes) is 2. The van der Waals surface area contributed by atoms with Crippen LogP contribution in [0.25, 0.3) is 0 Å². The molecule has 1 aromatic carbocycles. The van der Waals surface area contributed by atoms with Gasteiger partial charge in [-0.15, -0.1) is 0 Å². The number of carboxylic acids is 1. The van der Waals surface area contributed by atoms with Gasteiger partial charge in [0.2, 0.25) is 6.04 Å². The quantitative estimate of drug-likeness (QED) is 0.442. The summed E-state index contributed by atoms with van der Waals surface area (Å²) in [7, 11) is 0. The summed E-state index contributed by atoms with van der Waals surface area (Å²) < 4.78 is 12.7. The molecule has 1 fully saturated rings. The van der Waals surface area contributed by atoms with Crippen LogP contribution in [0, 0.1) is 0 Å². The molecular formula is C28H36N3O4+. The Hall–Kier alpha value is -2.48. The van der Waals surface area contributed by atoms with Gasteiger partial charge in [0.1, 0.15) is 31.1 Å². The summed E-state index contributed by atoms with van der Waals surface area (Å²) in [5, 5.41) is 13.6. The number of rotatable bonds is 8. The summed E-state index contributed by atoms with van der Waals surface area (Å²) in [6.07, 6.45) is 6.66. The van der Waals surface area contributed by atoms with Crippen LogP contribution in [0.2, 0.25) is 0 Å². The van der Waals surface area contributed by atoms with Crippen LogP contribution in [0.1, 0.15) is 66.6 Å². The Balaban J connectivity index is 1.01. The van der Waals surface area contributed by atoms with E-state index >= 15 is 0 Å². The Kier molecular flexibility index (Phi) is 5.82. The molecule has 2 atom stereocenters. The van der Waals surface area contributed by atoms with Gasteiger partial charge in [-0.3, -0.25) is 4.48 Å². The largest absolute Gasteiger partial charge is 0.477 e. The van der Waals surface area contributed by atoms with Crippen molar-refractivity contribution in [3.05, 3.63) is 58.3 Å². The fourth-order valence-corrected chi connectivity index (χ4v) is 7.04. The summed E-state index contributed by atoms with van der Waals surface area (Å²) in [6, 6.07) is 9.94. The van der Waals surface area contributed by atoms with Gasteiger partial charge in [-0.2, -0.15) is 0 Å². The number of anilines is 1. The molecule has 2 unspecified atom stereocenters. The first-order valence-corrected chi connectivity index (χ1v) is 13.2. The number of aromatic nitrogens is 1. The first-order valence-electron chi connectivity index (χ1n) is 13.2. The number of benzene rings is 1. The lowest BCUT2D eigenvalue weighted by Gasteiger charge is -2.58. The van der Waals surface area contributed by atoms with Crippen molar-refractivity contribution in [2.45, 2.75) is 69.7 Å². The molecule has 35 heavy (non-hydrogen) atoms. The SMILES string of the molecule is CC12COCc3cccc(c31)C(C(=O)O)[N+]21CC(OCCCCCc2ccc3c(n2)NCCC3)C1. The molecule has 4 aliphatic rings. The molecule has 0 saturated carbocycles. The number of nitrogens with one attached hydrogen (secondary N) is 1. The maximum absolute atomic E-state index is 12.4. The normalized spacial score (nSPS) is 30.3. The molecule has 0 bridgehead atoms. The second-order valence-electron chi connectivity index (χ2n) is 10.9. The Labute approximate surface area is 207 Å². The van der Waals surface area contributed by atoms with Crippen molar-refractivity contribution < 1.29 is 23.9 Å². The summed E-state index contributed by atoms with van der Waals surface area (Å²) in [5.41, 5.74) is 5.52. The number of hydrogen-bond acceptors (Lipinski definition) is 5. The zero-order chi connectivity index (χ0) is 24.0. The van der Waals surface area contributed by atoms with E-state index in [1.54, 1.807) is 0 Å². The van der Waals surface area contributed by atoms with Gasteiger partial charge in [0.25, 0.3) is 0 Å². The second-order valence-corrected chi connectivity index (χ2v) is 10.9. The fraction of sp³-hybridized carbons (Fsp3) is 0.571. The van der Waals surface area contributed by atoms with Crippen molar-refractivity contribution in [3.8, 4) is 0 Å². The van der Waals surface area contributed by atoms with E-state index in [1.165, 1.54) is 23.2 Å². The Morgan fingerprint density at radius 3 is 2.97 bits per heavy atom. The van der Waals surface area contributed by atoms with Crippen LogP contribution >= 0.6 is 0 Å². The standard InChI is InChI=1S/C28H35N3O4/c1-28-18-34-17-20-7-5-10-23(24(20)28)25(27(32)33)31(28)15-22(16-31)35-14-4-2-3-9-21-12-11-19-8-6-13-29-26(19)30-21/h5,7,10-12,22,25H,2-4,6,8-9,13-18H2,1H3,(H-,29,30,32,33)/p+1. The molecule has 5 heterocycles. The summed E-state index contributed by atoms with van der Waals surface area (Å²) >= 11 is 0. The molecule has 1 spiro atoms. The average Bonchev–Trinajstić information content (AvgIpc) is 3.07. The van der Waals surface area contributed by atoms with Crippen molar-refractivity contribution in [2.24, 2.45) is 0 Å². The van der Waals surface area contributed by atoms with Gasteiger partial charge in [0.15, 0.2) is 6.10 Å². The number of fused-ring (bicyclic) bond motifs is 2. The van der Waals surface area contributed by atoms with Crippen molar-refractivity contribution in [3.63, 3.8) is 0 Å². The third-order valence-electron chi connectivity index (χ3n) is 8.81. The number of hydrogen-bond donors (Lipinski definition) is 2. The topological polar surface area (TPSA) is 80.7 Å². The van der Waals surface area contributed by atoms with Gasteiger partial charge in [-0.25, -0.2) is 9.78 Å². The van der Waals surface area contributed by atoms with E-state index in [0.29, 0.717) is 17.7 Å². The van der Waals surface area contributed by atoms with Crippen LogP contribution in [0.5, 0.6) is 0 Å². The molecule has 0 amide bonds. The van der Waals surface area contributed by atoms with E-state index < -0.39 is 12.0 Å². The molecule has 1 saturated heterocycles. The number of aliphatic carboxylic acids is 1. The highest BCUT2D eigenvalue weighted by atomic mass is 16.5. The molecular weight excluding hydrogens is 442 g/mol. The van der Waals surface area contributed by atoms with Crippen molar-refractivity contribution in [2.75, 3.05) is 38.2 Å². The Morgan fingerprint density at radius 2 is 2.11 bits per heavy atom. The molecule has 7 nitrogen and oxygen atoms in total. The number of nitrogens with zero attached hydrogens (tertiary/aromatic N) is 2. The number of carbonyl (C=O) groups is 1. The van der Waals surface area contributed by atoms with E-state index in [2.05, 4.69) is 30.4 Å². The molecule has 2 aromatic rings. The highest BCUT2D eigenvalue weighted by Crippen LogP contribution is 2.58. The van der Waals surface area contributed by atoms with Crippen LogP contribution in [0.4, 0.5) is 5.82 Å². The minimum absolute atomic E-state index is 0.113.